The summed E-state index contributed by atoms with van der Waals surface area (Å²) in [5.74, 6) is 1.07. The normalized spacial score (nSPS) is 14.8. The highest BCUT2D eigenvalue weighted by Gasteiger charge is 2.14. The highest BCUT2D eigenvalue weighted by atomic mass is 16.3. The average molecular weight is 220 g/mol. The Morgan fingerprint density at radius 1 is 1.00 bits per heavy atom. The molecular formula is C15H24O. The maximum Gasteiger partial charge on any atom is 0.0687 e. The van der Waals surface area contributed by atoms with E-state index in [1.165, 1.54) is 11.1 Å². The van der Waals surface area contributed by atoms with Gasteiger partial charge in [-0.2, -0.15) is 0 Å². The first kappa shape index (κ1) is 13.2. The highest BCUT2D eigenvalue weighted by molar-refractivity contribution is 5.38. The van der Waals surface area contributed by atoms with Gasteiger partial charge in [0.25, 0.3) is 0 Å². The summed E-state index contributed by atoms with van der Waals surface area (Å²) < 4.78 is 0. The molecule has 2 atom stereocenters. The lowest BCUT2D eigenvalue weighted by molar-refractivity contribution is 0.278. The van der Waals surface area contributed by atoms with Crippen LogP contribution in [-0.2, 0) is 6.61 Å². The summed E-state index contributed by atoms with van der Waals surface area (Å²) in [5.41, 5.74) is 3.80. The third-order valence-corrected chi connectivity index (χ3v) is 3.69. The highest BCUT2D eigenvalue weighted by Crippen LogP contribution is 2.30. The van der Waals surface area contributed by atoms with Crippen molar-refractivity contribution in [1.29, 1.82) is 0 Å². The van der Waals surface area contributed by atoms with Gasteiger partial charge in [-0.3, -0.25) is 0 Å². The molecule has 1 N–H and O–H groups in total. The van der Waals surface area contributed by atoms with E-state index in [-0.39, 0.29) is 6.61 Å². The van der Waals surface area contributed by atoms with Gasteiger partial charge in [-0.1, -0.05) is 45.9 Å². The maximum absolute atomic E-state index is 9.59. The molecule has 0 saturated heterocycles. The van der Waals surface area contributed by atoms with Crippen LogP contribution in [0.4, 0.5) is 0 Å². The predicted octanol–water partition coefficient (Wildman–Crippen LogP) is 4.21. The molecule has 0 heterocycles. The molecule has 0 aliphatic rings. The largest absolute Gasteiger partial charge is 0.392 e. The molecule has 1 nitrogen and oxygen atoms in total. The van der Waals surface area contributed by atoms with Gasteiger partial charge < -0.3 is 5.11 Å². The van der Waals surface area contributed by atoms with E-state index in [1.807, 2.05) is 0 Å². The van der Waals surface area contributed by atoms with Gasteiger partial charge in [0.2, 0.25) is 0 Å². The van der Waals surface area contributed by atoms with Gasteiger partial charge in [-0.05, 0) is 41.4 Å². The molecule has 0 spiro atoms. The Morgan fingerprint density at radius 2 is 1.44 bits per heavy atom. The van der Waals surface area contributed by atoms with E-state index in [0.29, 0.717) is 11.8 Å². The molecule has 0 radical (unpaired) electrons. The molecule has 1 rings (SSSR count). The lowest BCUT2D eigenvalue weighted by Gasteiger charge is -2.20. The number of aliphatic hydroxyl groups excluding tert-OH is 1. The zero-order valence-corrected chi connectivity index (χ0v) is 11.0. The minimum absolute atomic E-state index is 0.167. The summed E-state index contributed by atoms with van der Waals surface area (Å²) in [6, 6.07) is 6.44. The number of aliphatic hydroxyl groups is 1. The van der Waals surface area contributed by atoms with Gasteiger partial charge in [0.1, 0.15) is 0 Å². The smallest absolute Gasteiger partial charge is 0.0687 e. The number of rotatable bonds is 5. The third-order valence-electron chi connectivity index (χ3n) is 3.69. The summed E-state index contributed by atoms with van der Waals surface area (Å²) in [5, 5.41) is 9.59. The summed E-state index contributed by atoms with van der Waals surface area (Å²) >= 11 is 0. The fourth-order valence-corrected chi connectivity index (χ4v) is 2.17. The molecule has 1 aromatic carbocycles. The van der Waals surface area contributed by atoms with Gasteiger partial charge in [0.05, 0.1) is 6.61 Å². The van der Waals surface area contributed by atoms with Gasteiger partial charge >= 0.3 is 0 Å². The van der Waals surface area contributed by atoms with Crippen LogP contribution < -0.4 is 0 Å². The van der Waals surface area contributed by atoms with E-state index in [0.717, 1.165) is 18.4 Å². The second kappa shape index (κ2) is 6.05. The van der Waals surface area contributed by atoms with Gasteiger partial charge in [-0.15, -0.1) is 0 Å². The van der Waals surface area contributed by atoms with Crippen molar-refractivity contribution in [2.45, 2.75) is 59.0 Å². The van der Waals surface area contributed by atoms with E-state index >= 15 is 0 Å². The molecule has 1 heteroatoms. The Morgan fingerprint density at radius 3 is 1.75 bits per heavy atom. The molecular weight excluding hydrogens is 196 g/mol. The Balaban J connectivity index is 3.20. The first-order valence-corrected chi connectivity index (χ1v) is 6.38. The first-order chi connectivity index (χ1) is 7.65. The molecule has 0 aromatic heterocycles. The van der Waals surface area contributed by atoms with Crippen molar-refractivity contribution in [3.05, 3.63) is 34.9 Å². The van der Waals surface area contributed by atoms with Gasteiger partial charge in [0, 0.05) is 0 Å². The van der Waals surface area contributed by atoms with Crippen LogP contribution >= 0.6 is 0 Å². The van der Waals surface area contributed by atoms with E-state index in [1.54, 1.807) is 0 Å². The summed E-state index contributed by atoms with van der Waals surface area (Å²) in [6.45, 7) is 9.02. The average Bonchev–Trinajstić information content (AvgIpc) is 2.35. The predicted molar refractivity (Wildman–Crippen MR) is 69.8 cm³/mol. The zero-order valence-electron chi connectivity index (χ0n) is 11.0. The molecule has 16 heavy (non-hydrogen) atoms. The van der Waals surface area contributed by atoms with Crippen LogP contribution in [0.2, 0.25) is 0 Å². The monoisotopic (exact) mass is 220 g/mol. The summed E-state index contributed by atoms with van der Waals surface area (Å²) in [4.78, 5) is 0. The minimum Gasteiger partial charge on any atom is -0.392 e. The SMILES string of the molecule is CCC(C)c1cccc(C(C)CC)c1CO. The quantitative estimate of drug-likeness (QED) is 0.788. The van der Waals surface area contributed by atoms with Crippen LogP contribution in [-0.4, -0.2) is 5.11 Å². The Kier molecular flexibility index (Phi) is 5.01. The van der Waals surface area contributed by atoms with E-state index in [2.05, 4.69) is 45.9 Å². The van der Waals surface area contributed by atoms with Crippen LogP contribution in [0.15, 0.2) is 18.2 Å². The Hall–Kier alpha value is -0.820. The number of hydrogen-bond donors (Lipinski definition) is 1. The van der Waals surface area contributed by atoms with Crippen LogP contribution in [0.1, 0.15) is 69.1 Å². The van der Waals surface area contributed by atoms with Crippen LogP contribution in [0.25, 0.3) is 0 Å². The van der Waals surface area contributed by atoms with Crippen molar-refractivity contribution >= 4 is 0 Å². The molecule has 0 saturated carbocycles. The number of benzene rings is 1. The Bertz CT molecular complexity index is 302. The van der Waals surface area contributed by atoms with E-state index in [4.69, 9.17) is 0 Å². The van der Waals surface area contributed by atoms with Crippen molar-refractivity contribution < 1.29 is 5.11 Å². The van der Waals surface area contributed by atoms with Crippen molar-refractivity contribution in [2.24, 2.45) is 0 Å². The summed E-state index contributed by atoms with van der Waals surface area (Å²) in [7, 11) is 0. The summed E-state index contributed by atoms with van der Waals surface area (Å²) in [6.07, 6.45) is 2.24. The second-order valence-corrected chi connectivity index (χ2v) is 4.69. The maximum atomic E-state index is 9.59. The molecule has 0 aliphatic heterocycles. The van der Waals surface area contributed by atoms with Gasteiger partial charge in [0.15, 0.2) is 0 Å². The van der Waals surface area contributed by atoms with E-state index in [9.17, 15) is 5.11 Å². The van der Waals surface area contributed by atoms with Crippen molar-refractivity contribution in [1.82, 2.24) is 0 Å². The second-order valence-electron chi connectivity index (χ2n) is 4.69. The molecule has 90 valence electrons. The Labute approximate surface area is 99.5 Å². The fraction of sp³-hybridized carbons (Fsp3) is 0.600. The van der Waals surface area contributed by atoms with Crippen LogP contribution in [0.3, 0.4) is 0 Å². The molecule has 0 bridgehead atoms. The topological polar surface area (TPSA) is 20.2 Å². The molecule has 1 aromatic rings. The van der Waals surface area contributed by atoms with E-state index < -0.39 is 0 Å². The van der Waals surface area contributed by atoms with Crippen molar-refractivity contribution in [3.63, 3.8) is 0 Å². The number of hydrogen-bond acceptors (Lipinski definition) is 1. The van der Waals surface area contributed by atoms with Gasteiger partial charge in [-0.25, -0.2) is 0 Å². The molecule has 2 unspecified atom stereocenters. The van der Waals surface area contributed by atoms with Crippen LogP contribution in [0.5, 0.6) is 0 Å². The van der Waals surface area contributed by atoms with Crippen molar-refractivity contribution in [3.8, 4) is 0 Å². The third kappa shape index (κ3) is 2.65. The molecule has 0 amide bonds. The standard InChI is InChI=1S/C15H24O/c1-5-11(3)13-8-7-9-14(12(4)6-2)15(13)10-16/h7-9,11-12,16H,5-6,10H2,1-4H3. The van der Waals surface area contributed by atoms with Crippen LogP contribution in [0, 0.1) is 0 Å². The lowest BCUT2D eigenvalue weighted by atomic mass is 9.86. The zero-order chi connectivity index (χ0) is 12.1. The van der Waals surface area contributed by atoms with Crippen molar-refractivity contribution in [2.75, 3.05) is 0 Å². The fourth-order valence-electron chi connectivity index (χ4n) is 2.17. The molecule has 0 fully saturated rings. The molecule has 0 aliphatic carbocycles. The first-order valence-electron chi connectivity index (χ1n) is 6.38. The minimum atomic E-state index is 0.167. The lowest BCUT2D eigenvalue weighted by Crippen LogP contribution is -2.05.